The Morgan fingerprint density at radius 2 is 1.59 bits per heavy atom. The Labute approximate surface area is 161 Å². The summed E-state index contributed by atoms with van der Waals surface area (Å²) in [6.07, 6.45) is 0. The van der Waals surface area contributed by atoms with E-state index >= 15 is 0 Å². The fourth-order valence-corrected chi connectivity index (χ4v) is 3.95. The second kappa shape index (κ2) is 5.95. The Hall–Kier alpha value is -2.11. The number of rotatable bonds is 2. The van der Waals surface area contributed by atoms with Crippen molar-refractivity contribution in [2.45, 2.75) is 58.8 Å². The molecule has 1 amide bonds. The third kappa shape index (κ3) is 2.64. The van der Waals surface area contributed by atoms with E-state index in [1.165, 1.54) is 0 Å². The molecule has 4 rings (SSSR count). The molecule has 0 spiro atoms. The van der Waals surface area contributed by atoms with Crippen molar-refractivity contribution in [3.63, 3.8) is 0 Å². The predicted octanol–water partition coefficient (Wildman–Crippen LogP) is 4.02. The minimum Gasteiger partial charge on any atom is -0.399 e. The lowest BCUT2D eigenvalue weighted by molar-refractivity contribution is 0.00578. The van der Waals surface area contributed by atoms with Crippen LogP contribution in [0.3, 0.4) is 0 Å². The first kappa shape index (κ1) is 18.3. The summed E-state index contributed by atoms with van der Waals surface area (Å²) in [6.45, 7) is 12.3. The monoisotopic (exact) mass is 363 g/mol. The Kier molecular flexibility index (Phi) is 4.02. The summed E-state index contributed by atoms with van der Waals surface area (Å²) in [5.74, 6) is 0.0484. The third-order valence-electron chi connectivity index (χ3n) is 6.36. The molecule has 140 valence electrons. The van der Waals surface area contributed by atoms with Crippen LogP contribution in [0, 0.1) is 6.92 Å². The van der Waals surface area contributed by atoms with Gasteiger partial charge in [0, 0.05) is 11.3 Å². The van der Waals surface area contributed by atoms with Crippen LogP contribution in [0.1, 0.15) is 62.1 Å². The molecule has 2 aliphatic heterocycles. The van der Waals surface area contributed by atoms with Crippen molar-refractivity contribution in [2.24, 2.45) is 0 Å². The van der Waals surface area contributed by atoms with Crippen LogP contribution < -0.4 is 10.4 Å². The van der Waals surface area contributed by atoms with Gasteiger partial charge in [-0.15, -0.1) is 0 Å². The van der Waals surface area contributed by atoms with Gasteiger partial charge < -0.3 is 14.2 Å². The van der Waals surface area contributed by atoms with E-state index in [-0.39, 0.29) is 11.9 Å². The molecule has 0 aromatic heterocycles. The van der Waals surface area contributed by atoms with Crippen molar-refractivity contribution in [3.8, 4) is 0 Å². The van der Waals surface area contributed by atoms with Crippen molar-refractivity contribution < 1.29 is 14.1 Å². The summed E-state index contributed by atoms with van der Waals surface area (Å²) in [5, 5.41) is 0. The zero-order chi connectivity index (χ0) is 19.6. The molecule has 27 heavy (non-hydrogen) atoms. The molecule has 0 radical (unpaired) electrons. The van der Waals surface area contributed by atoms with Gasteiger partial charge in [-0.1, -0.05) is 30.3 Å². The van der Waals surface area contributed by atoms with Gasteiger partial charge in [0.15, 0.2) is 0 Å². The number of carbonyl (C=O) groups excluding carboxylic acids is 1. The van der Waals surface area contributed by atoms with Gasteiger partial charge in [-0.25, -0.2) is 0 Å². The van der Waals surface area contributed by atoms with Crippen molar-refractivity contribution >= 4 is 24.2 Å². The van der Waals surface area contributed by atoms with Gasteiger partial charge in [-0.05, 0) is 70.3 Å². The fourth-order valence-electron chi connectivity index (χ4n) is 3.95. The molecule has 2 heterocycles. The number of amides is 1. The highest BCUT2D eigenvalue weighted by molar-refractivity contribution is 6.62. The molecule has 2 aromatic rings. The van der Waals surface area contributed by atoms with Crippen LogP contribution in [0.25, 0.3) is 0 Å². The molecule has 0 saturated carbocycles. The van der Waals surface area contributed by atoms with Crippen LogP contribution in [-0.2, 0) is 9.31 Å². The van der Waals surface area contributed by atoms with Crippen molar-refractivity contribution in [1.29, 1.82) is 0 Å². The molecule has 5 heteroatoms. The molecule has 2 aromatic carbocycles. The van der Waals surface area contributed by atoms with Gasteiger partial charge >= 0.3 is 7.12 Å². The van der Waals surface area contributed by atoms with E-state index in [4.69, 9.17) is 9.31 Å². The van der Waals surface area contributed by atoms with Crippen molar-refractivity contribution in [1.82, 2.24) is 0 Å². The number of carbonyl (C=O) groups is 1. The van der Waals surface area contributed by atoms with Crippen LogP contribution in [0.2, 0.25) is 0 Å². The van der Waals surface area contributed by atoms with E-state index in [1.807, 2.05) is 54.3 Å². The average molecular weight is 363 g/mol. The van der Waals surface area contributed by atoms with Gasteiger partial charge in [-0.2, -0.15) is 0 Å². The van der Waals surface area contributed by atoms with Crippen LogP contribution >= 0.6 is 0 Å². The summed E-state index contributed by atoms with van der Waals surface area (Å²) in [5.41, 5.74) is 3.97. The van der Waals surface area contributed by atoms with Crippen LogP contribution in [0.5, 0.6) is 0 Å². The topological polar surface area (TPSA) is 38.8 Å². The molecule has 1 saturated heterocycles. The van der Waals surface area contributed by atoms with Crippen molar-refractivity contribution in [3.05, 3.63) is 59.2 Å². The maximum atomic E-state index is 13.1. The Morgan fingerprint density at radius 3 is 2.22 bits per heavy atom. The van der Waals surface area contributed by atoms with Gasteiger partial charge in [0.1, 0.15) is 0 Å². The number of anilines is 1. The molecular formula is C22H26BNO3. The van der Waals surface area contributed by atoms with Crippen LogP contribution in [0.15, 0.2) is 42.5 Å². The second-order valence-electron chi connectivity index (χ2n) is 8.52. The number of hydrogen-bond acceptors (Lipinski definition) is 3. The standard InChI is InChI=1S/C22H26BNO3/c1-14-18(23-26-21(3,4)22(5,6)27-23)12-9-13-19(14)24-15(2)16-10-7-8-11-17(16)20(24)25/h7-13,15H,1-6H3. The van der Waals surface area contributed by atoms with Gasteiger partial charge in [0.05, 0.1) is 17.2 Å². The molecule has 0 N–H and O–H groups in total. The smallest absolute Gasteiger partial charge is 0.399 e. The highest BCUT2D eigenvalue weighted by atomic mass is 16.7. The Balaban J connectivity index is 1.74. The Morgan fingerprint density at radius 1 is 0.963 bits per heavy atom. The van der Waals surface area contributed by atoms with E-state index in [2.05, 4.69) is 34.6 Å². The molecule has 1 atom stereocenters. The quantitative estimate of drug-likeness (QED) is 0.757. The normalized spacial score (nSPS) is 23.0. The first-order chi connectivity index (χ1) is 12.6. The van der Waals surface area contributed by atoms with Gasteiger partial charge in [0.2, 0.25) is 0 Å². The predicted molar refractivity (Wildman–Crippen MR) is 109 cm³/mol. The minimum absolute atomic E-state index is 0.000877. The maximum absolute atomic E-state index is 13.1. The highest BCUT2D eigenvalue weighted by Gasteiger charge is 2.52. The third-order valence-corrected chi connectivity index (χ3v) is 6.36. The van der Waals surface area contributed by atoms with Gasteiger partial charge in [0.25, 0.3) is 5.91 Å². The lowest BCUT2D eigenvalue weighted by atomic mass is 9.75. The maximum Gasteiger partial charge on any atom is 0.495 e. The van der Waals surface area contributed by atoms with Crippen molar-refractivity contribution in [2.75, 3.05) is 4.90 Å². The van der Waals surface area contributed by atoms with E-state index in [0.29, 0.717) is 0 Å². The summed E-state index contributed by atoms with van der Waals surface area (Å²) in [6, 6.07) is 13.9. The summed E-state index contributed by atoms with van der Waals surface area (Å²) in [4.78, 5) is 14.9. The zero-order valence-electron chi connectivity index (χ0n) is 16.9. The van der Waals surface area contributed by atoms with E-state index in [1.54, 1.807) is 0 Å². The first-order valence-corrected chi connectivity index (χ1v) is 9.52. The lowest BCUT2D eigenvalue weighted by Gasteiger charge is -2.32. The summed E-state index contributed by atoms with van der Waals surface area (Å²) in [7, 11) is -0.440. The molecule has 1 fully saturated rings. The van der Waals surface area contributed by atoms with E-state index < -0.39 is 18.3 Å². The molecule has 1 unspecified atom stereocenters. The zero-order valence-corrected chi connectivity index (χ0v) is 16.9. The number of benzene rings is 2. The highest BCUT2D eigenvalue weighted by Crippen LogP contribution is 2.40. The SMILES string of the molecule is Cc1c(B2OC(C)(C)C(C)(C)O2)cccc1N1C(=O)c2ccccc2C1C. The fraction of sp³-hybridized carbons (Fsp3) is 0.409. The largest absolute Gasteiger partial charge is 0.495 e. The second-order valence-corrected chi connectivity index (χ2v) is 8.52. The van der Waals surface area contributed by atoms with E-state index in [9.17, 15) is 4.79 Å². The summed E-state index contributed by atoms with van der Waals surface area (Å²) >= 11 is 0. The lowest BCUT2D eigenvalue weighted by Crippen LogP contribution is -2.41. The van der Waals surface area contributed by atoms with Crippen LogP contribution in [0.4, 0.5) is 5.69 Å². The number of nitrogens with zero attached hydrogens (tertiary/aromatic N) is 1. The molecule has 0 aliphatic carbocycles. The molecule has 2 aliphatic rings. The van der Waals surface area contributed by atoms with E-state index in [0.717, 1.165) is 27.8 Å². The number of fused-ring (bicyclic) bond motifs is 1. The first-order valence-electron chi connectivity index (χ1n) is 9.52. The molecule has 4 nitrogen and oxygen atoms in total. The summed E-state index contributed by atoms with van der Waals surface area (Å²) < 4.78 is 12.5. The molecular weight excluding hydrogens is 337 g/mol. The average Bonchev–Trinajstić information content (AvgIpc) is 2.98. The van der Waals surface area contributed by atoms with Crippen LogP contribution in [-0.4, -0.2) is 24.2 Å². The Bertz CT molecular complexity index is 906. The minimum atomic E-state index is -0.440. The molecule has 0 bridgehead atoms. The number of hydrogen-bond donors (Lipinski definition) is 0. The van der Waals surface area contributed by atoms with Gasteiger partial charge in [-0.3, -0.25) is 4.79 Å².